The first-order chi connectivity index (χ1) is 11.9. The van der Waals surface area contributed by atoms with Crippen LogP contribution in [0.15, 0.2) is 29.3 Å². The number of benzene rings is 1. The molecule has 0 aliphatic rings. The second kappa shape index (κ2) is 11.3. The lowest BCUT2D eigenvalue weighted by Crippen LogP contribution is -2.42. The Bertz CT molecular complexity index is 558. The summed E-state index contributed by atoms with van der Waals surface area (Å²) >= 11 is 0. The zero-order valence-corrected chi connectivity index (χ0v) is 16.0. The monoisotopic (exact) mass is 349 g/mol. The minimum atomic E-state index is 0.00175. The van der Waals surface area contributed by atoms with Crippen molar-refractivity contribution in [3.05, 3.63) is 29.8 Å². The Morgan fingerprint density at radius 3 is 2.60 bits per heavy atom. The Morgan fingerprint density at radius 2 is 1.96 bits per heavy atom. The molecule has 7 heteroatoms. The molecule has 0 spiro atoms. The number of carbonyl (C=O) groups is 1. The van der Waals surface area contributed by atoms with Gasteiger partial charge in [0.25, 0.3) is 0 Å². The third-order valence-corrected chi connectivity index (χ3v) is 3.38. The summed E-state index contributed by atoms with van der Waals surface area (Å²) in [4.78, 5) is 19.8. The molecule has 0 unspecified atom stereocenters. The highest BCUT2D eigenvalue weighted by atomic mass is 16.5. The van der Waals surface area contributed by atoms with Crippen molar-refractivity contribution in [2.75, 3.05) is 54.4 Å². The molecule has 25 heavy (non-hydrogen) atoms. The van der Waals surface area contributed by atoms with Gasteiger partial charge in [-0.3, -0.25) is 4.79 Å². The molecule has 1 aromatic rings. The number of nitrogens with one attached hydrogen (secondary N) is 2. The summed E-state index contributed by atoms with van der Waals surface area (Å²) < 4.78 is 5.75. The number of ether oxygens (including phenoxy) is 1. The SMILES string of the molecule is CCNC(=NCc1cccc(OCCN(C)C)c1)NCC(=O)N(C)C. The van der Waals surface area contributed by atoms with Crippen LogP contribution in [0.4, 0.5) is 0 Å². The quantitative estimate of drug-likeness (QED) is 0.509. The number of nitrogens with zero attached hydrogens (tertiary/aromatic N) is 3. The summed E-state index contributed by atoms with van der Waals surface area (Å²) in [6, 6.07) is 7.92. The van der Waals surface area contributed by atoms with E-state index in [1.807, 2.05) is 45.3 Å². The van der Waals surface area contributed by atoms with Crippen molar-refractivity contribution in [3.8, 4) is 5.75 Å². The lowest BCUT2D eigenvalue weighted by atomic mass is 10.2. The normalized spacial score (nSPS) is 11.4. The summed E-state index contributed by atoms with van der Waals surface area (Å²) in [6.07, 6.45) is 0. The van der Waals surface area contributed by atoms with Crippen LogP contribution in [0.1, 0.15) is 12.5 Å². The van der Waals surface area contributed by atoms with Gasteiger partial charge in [0.1, 0.15) is 12.4 Å². The molecule has 0 bridgehead atoms. The fourth-order valence-corrected chi connectivity index (χ4v) is 1.91. The van der Waals surface area contributed by atoms with Crippen molar-refractivity contribution in [2.24, 2.45) is 4.99 Å². The molecular weight excluding hydrogens is 318 g/mol. The minimum absolute atomic E-state index is 0.00175. The molecule has 1 amide bonds. The smallest absolute Gasteiger partial charge is 0.241 e. The topological polar surface area (TPSA) is 69.2 Å². The number of aliphatic imine (C=N–C) groups is 1. The molecule has 0 saturated carbocycles. The Balaban J connectivity index is 2.61. The van der Waals surface area contributed by atoms with E-state index in [0.717, 1.165) is 24.4 Å². The number of hydrogen-bond donors (Lipinski definition) is 2. The number of amides is 1. The number of rotatable bonds is 9. The molecule has 0 atom stereocenters. The zero-order valence-electron chi connectivity index (χ0n) is 16.0. The van der Waals surface area contributed by atoms with Crippen LogP contribution in [0.2, 0.25) is 0 Å². The molecule has 0 aliphatic carbocycles. The summed E-state index contributed by atoms with van der Waals surface area (Å²) in [7, 11) is 7.50. The fourth-order valence-electron chi connectivity index (χ4n) is 1.91. The van der Waals surface area contributed by atoms with E-state index in [1.54, 1.807) is 19.0 Å². The van der Waals surface area contributed by atoms with E-state index in [1.165, 1.54) is 0 Å². The van der Waals surface area contributed by atoms with Gasteiger partial charge in [-0.2, -0.15) is 0 Å². The maximum Gasteiger partial charge on any atom is 0.241 e. The van der Waals surface area contributed by atoms with E-state index in [0.29, 0.717) is 19.1 Å². The van der Waals surface area contributed by atoms with Gasteiger partial charge in [0.05, 0.1) is 13.1 Å². The third kappa shape index (κ3) is 8.95. The zero-order chi connectivity index (χ0) is 18.7. The van der Waals surface area contributed by atoms with Gasteiger partial charge in [-0.05, 0) is 38.7 Å². The van der Waals surface area contributed by atoms with Crippen LogP contribution in [-0.4, -0.2) is 76.1 Å². The summed E-state index contributed by atoms with van der Waals surface area (Å²) in [5.74, 6) is 1.47. The average molecular weight is 349 g/mol. The predicted molar refractivity (Wildman–Crippen MR) is 102 cm³/mol. The van der Waals surface area contributed by atoms with Crippen molar-refractivity contribution >= 4 is 11.9 Å². The maximum absolute atomic E-state index is 11.7. The standard InChI is InChI=1S/C18H31N5O2/c1-6-19-18(21-14-17(24)23(4)5)20-13-15-8-7-9-16(12-15)25-11-10-22(2)3/h7-9,12H,6,10-11,13-14H2,1-5H3,(H2,19,20,21). The van der Waals surface area contributed by atoms with Crippen molar-refractivity contribution in [3.63, 3.8) is 0 Å². The van der Waals surface area contributed by atoms with Gasteiger partial charge in [0.2, 0.25) is 5.91 Å². The van der Waals surface area contributed by atoms with E-state index in [2.05, 4.69) is 20.5 Å². The molecule has 140 valence electrons. The molecule has 0 aliphatic heterocycles. The molecule has 7 nitrogen and oxygen atoms in total. The van der Waals surface area contributed by atoms with Gasteiger partial charge in [-0.15, -0.1) is 0 Å². The first-order valence-corrected chi connectivity index (χ1v) is 8.51. The van der Waals surface area contributed by atoms with E-state index in [4.69, 9.17) is 4.74 Å². The van der Waals surface area contributed by atoms with Crippen LogP contribution in [-0.2, 0) is 11.3 Å². The van der Waals surface area contributed by atoms with Gasteiger partial charge < -0.3 is 25.2 Å². The molecular formula is C18H31N5O2. The lowest BCUT2D eigenvalue weighted by molar-refractivity contribution is -0.127. The molecule has 0 heterocycles. The largest absolute Gasteiger partial charge is 0.492 e. The van der Waals surface area contributed by atoms with Crippen LogP contribution in [0.5, 0.6) is 5.75 Å². The molecule has 0 fully saturated rings. The Morgan fingerprint density at radius 1 is 1.20 bits per heavy atom. The number of likely N-dealkylation sites (N-methyl/N-ethyl adjacent to an activating group) is 2. The average Bonchev–Trinajstić information content (AvgIpc) is 2.57. The highest BCUT2D eigenvalue weighted by Gasteiger charge is 2.05. The van der Waals surface area contributed by atoms with Gasteiger partial charge in [-0.25, -0.2) is 4.99 Å². The third-order valence-electron chi connectivity index (χ3n) is 3.38. The van der Waals surface area contributed by atoms with Crippen molar-refractivity contribution in [2.45, 2.75) is 13.5 Å². The molecule has 0 aromatic heterocycles. The molecule has 2 N–H and O–H groups in total. The maximum atomic E-state index is 11.7. The van der Waals surface area contributed by atoms with Crippen molar-refractivity contribution in [1.82, 2.24) is 20.4 Å². The second-order valence-corrected chi connectivity index (χ2v) is 6.14. The van der Waals surface area contributed by atoms with E-state index in [-0.39, 0.29) is 12.5 Å². The van der Waals surface area contributed by atoms with Crippen LogP contribution in [0, 0.1) is 0 Å². The van der Waals surface area contributed by atoms with Crippen LogP contribution < -0.4 is 15.4 Å². The van der Waals surface area contributed by atoms with Crippen molar-refractivity contribution in [1.29, 1.82) is 0 Å². The lowest BCUT2D eigenvalue weighted by Gasteiger charge is -2.14. The first-order valence-electron chi connectivity index (χ1n) is 8.51. The Kier molecular flexibility index (Phi) is 9.39. The molecule has 1 rings (SSSR count). The molecule has 0 saturated heterocycles. The Labute approximate surface area is 151 Å². The molecule has 0 radical (unpaired) electrons. The highest BCUT2D eigenvalue weighted by Crippen LogP contribution is 2.14. The van der Waals surface area contributed by atoms with Crippen LogP contribution in [0.25, 0.3) is 0 Å². The minimum Gasteiger partial charge on any atom is -0.492 e. The Hall–Kier alpha value is -2.28. The molecule has 1 aromatic carbocycles. The first kappa shape index (κ1) is 20.8. The summed E-state index contributed by atoms with van der Waals surface area (Å²) in [5.41, 5.74) is 1.05. The van der Waals surface area contributed by atoms with Gasteiger partial charge in [-0.1, -0.05) is 12.1 Å². The second-order valence-electron chi connectivity index (χ2n) is 6.14. The summed E-state index contributed by atoms with van der Waals surface area (Å²) in [5, 5.41) is 6.18. The summed E-state index contributed by atoms with van der Waals surface area (Å²) in [6.45, 7) is 4.97. The van der Waals surface area contributed by atoms with Crippen LogP contribution >= 0.6 is 0 Å². The van der Waals surface area contributed by atoms with Crippen LogP contribution in [0.3, 0.4) is 0 Å². The van der Waals surface area contributed by atoms with E-state index < -0.39 is 0 Å². The highest BCUT2D eigenvalue weighted by molar-refractivity contribution is 5.86. The van der Waals surface area contributed by atoms with Gasteiger partial charge in [0, 0.05) is 27.2 Å². The van der Waals surface area contributed by atoms with E-state index >= 15 is 0 Å². The predicted octanol–water partition coefficient (Wildman–Crippen LogP) is 0.770. The fraction of sp³-hybridized carbons (Fsp3) is 0.556. The van der Waals surface area contributed by atoms with Crippen molar-refractivity contribution < 1.29 is 9.53 Å². The van der Waals surface area contributed by atoms with Gasteiger partial charge in [0.15, 0.2) is 5.96 Å². The van der Waals surface area contributed by atoms with Gasteiger partial charge >= 0.3 is 0 Å². The number of guanidine groups is 1. The number of hydrogen-bond acceptors (Lipinski definition) is 4. The number of carbonyl (C=O) groups excluding carboxylic acids is 1. The van der Waals surface area contributed by atoms with E-state index in [9.17, 15) is 4.79 Å².